The monoisotopic (exact) mass is 610 g/mol. The van der Waals surface area contributed by atoms with E-state index in [4.69, 9.17) is 11.6 Å². The van der Waals surface area contributed by atoms with Crippen LogP contribution in [0.25, 0.3) is 11.2 Å². The summed E-state index contributed by atoms with van der Waals surface area (Å²) in [5.41, 5.74) is -0.695. The molecule has 3 heterocycles. The van der Waals surface area contributed by atoms with E-state index in [1.54, 1.807) is 18.2 Å². The number of aromatic nitrogens is 3. The summed E-state index contributed by atoms with van der Waals surface area (Å²) in [6.07, 6.45) is -0.663. The summed E-state index contributed by atoms with van der Waals surface area (Å²) in [5, 5.41) is 19.4. The highest BCUT2D eigenvalue weighted by Gasteiger charge is 2.47. The Morgan fingerprint density at radius 3 is 2.63 bits per heavy atom. The number of nitriles is 1. The van der Waals surface area contributed by atoms with E-state index >= 15 is 0 Å². The van der Waals surface area contributed by atoms with Crippen molar-refractivity contribution in [3.8, 4) is 6.07 Å². The first kappa shape index (κ1) is 28.0. The molecule has 4 aromatic rings. The molecular weight excluding hydrogens is 595 g/mol. The predicted octanol–water partition coefficient (Wildman–Crippen LogP) is 5.37. The van der Waals surface area contributed by atoms with Gasteiger partial charge in [0.25, 0.3) is 5.91 Å². The van der Waals surface area contributed by atoms with Crippen LogP contribution in [0.2, 0.25) is 5.02 Å². The van der Waals surface area contributed by atoms with Gasteiger partial charge >= 0.3 is 6.18 Å². The molecule has 1 aliphatic heterocycles. The standard InChI is InChI=1S/C29H16ClF5N6O2/c30-21-3-1-16(31)10-19(21)26-25-20(28(43)40-26)7-13(18-2-4-24-37-12-38-41(24)23(18)11-36)8-22(25)39-27(42)14-5-15(29(33,34)35)9-17(32)6-14/h1-10,12,20,25-26H,(H,39,42)(H,40,43). The Bertz CT molecular complexity index is 1940. The number of benzene rings is 2. The van der Waals surface area contributed by atoms with Gasteiger partial charge in [-0.15, -0.1) is 0 Å². The summed E-state index contributed by atoms with van der Waals surface area (Å²) in [5.74, 6) is -5.44. The minimum atomic E-state index is -4.92. The minimum Gasteiger partial charge on any atom is -0.348 e. The van der Waals surface area contributed by atoms with Crippen molar-refractivity contribution in [1.29, 1.82) is 5.26 Å². The number of halogens is 6. The molecule has 0 radical (unpaired) electrons. The highest BCUT2D eigenvalue weighted by molar-refractivity contribution is 6.31. The van der Waals surface area contributed by atoms with Crippen molar-refractivity contribution in [2.24, 2.45) is 11.8 Å². The first-order chi connectivity index (χ1) is 20.4. The SMILES string of the molecule is N#Cc1c(C2=CC3C(=O)NC(c4cc(F)ccc4Cl)C3C(NC(=O)c3cc(F)cc(C(F)(F)F)c3)=C2)ccc2ncnn12. The van der Waals surface area contributed by atoms with E-state index in [2.05, 4.69) is 20.7 Å². The summed E-state index contributed by atoms with van der Waals surface area (Å²) in [6, 6.07) is 9.20. The maximum atomic E-state index is 14.3. The van der Waals surface area contributed by atoms with Gasteiger partial charge in [0, 0.05) is 27.8 Å². The second-order valence-electron chi connectivity index (χ2n) is 9.84. The minimum absolute atomic E-state index is 0.0385. The molecule has 0 bridgehead atoms. The van der Waals surface area contributed by atoms with Crippen LogP contribution in [-0.4, -0.2) is 26.4 Å². The number of allylic oxidation sites excluding steroid dienone is 2. The molecule has 14 heteroatoms. The van der Waals surface area contributed by atoms with Crippen LogP contribution in [0.4, 0.5) is 22.0 Å². The van der Waals surface area contributed by atoms with Crippen LogP contribution in [-0.2, 0) is 11.0 Å². The second kappa shape index (κ2) is 10.3. The van der Waals surface area contributed by atoms with Crippen molar-refractivity contribution in [3.63, 3.8) is 0 Å². The number of nitrogens with zero attached hydrogens (tertiary/aromatic N) is 4. The molecule has 2 aliphatic rings. The normalized spacial score (nSPS) is 19.7. The van der Waals surface area contributed by atoms with Crippen LogP contribution in [0.5, 0.6) is 0 Å². The summed E-state index contributed by atoms with van der Waals surface area (Å²) >= 11 is 6.35. The van der Waals surface area contributed by atoms with Crippen LogP contribution < -0.4 is 10.6 Å². The molecule has 0 saturated carbocycles. The number of hydrogen-bond acceptors (Lipinski definition) is 5. The van der Waals surface area contributed by atoms with Crippen LogP contribution in [0.15, 0.2) is 72.7 Å². The Hall–Kier alpha value is -5.09. The number of fused-ring (bicyclic) bond motifs is 2. The maximum absolute atomic E-state index is 14.3. The molecule has 1 fully saturated rings. The molecule has 43 heavy (non-hydrogen) atoms. The van der Waals surface area contributed by atoms with E-state index in [0.717, 1.165) is 12.1 Å². The lowest BCUT2D eigenvalue weighted by molar-refractivity contribution is -0.137. The Morgan fingerprint density at radius 2 is 1.88 bits per heavy atom. The maximum Gasteiger partial charge on any atom is 0.416 e. The first-order valence-electron chi connectivity index (χ1n) is 12.6. The number of hydrogen-bond donors (Lipinski definition) is 2. The Balaban J connectivity index is 1.48. The molecule has 2 amide bonds. The molecule has 2 N–H and O–H groups in total. The van der Waals surface area contributed by atoms with E-state index in [9.17, 15) is 36.8 Å². The van der Waals surface area contributed by atoms with E-state index in [1.807, 2.05) is 6.07 Å². The fraction of sp³-hybridized carbons (Fsp3) is 0.138. The number of pyridine rings is 1. The number of rotatable bonds is 4. The average molecular weight is 611 g/mol. The van der Waals surface area contributed by atoms with Gasteiger partial charge in [0.15, 0.2) is 11.3 Å². The third kappa shape index (κ3) is 4.99. The van der Waals surface area contributed by atoms with Crippen LogP contribution in [0.3, 0.4) is 0 Å². The molecular formula is C29H16ClF5N6O2. The lowest BCUT2D eigenvalue weighted by Gasteiger charge is -2.29. The fourth-order valence-corrected chi connectivity index (χ4v) is 5.63. The molecule has 2 aromatic heterocycles. The molecule has 3 unspecified atom stereocenters. The quantitative estimate of drug-likeness (QED) is 0.302. The molecule has 6 rings (SSSR count). The molecule has 3 atom stereocenters. The van der Waals surface area contributed by atoms with Gasteiger partial charge in [-0.25, -0.2) is 18.3 Å². The van der Waals surface area contributed by atoms with Gasteiger partial charge in [-0.2, -0.15) is 23.5 Å². The largest absolute Gasteiger partial charge is 0.416 e. The van der Waals surface area contributed by atoms with E-state index < -0.39 is 58.6 Å². The van der Waals surface area contributed by atoms with Gasteiger partial charge in [-0.3, -0.25) is 9.59 Å². The summed E-state index contributed by atoms with van der Waals surface area (Å²) in [6.45, 7) is 0. The third-order valence-corrected chi connectivity index (χ3v) is 7.62. The number of alkyl halides is 3. The smallest absolute Gasteiger partial charge is 0.348 e. The molecule has 8 nitrogen and oxygen atoms in total. The lowest BCUT2D eigenvalue weighted by atomic mass is 9.78. The van der Waals surface area contributed by atoms with Gasteiger partial charge in [0.2, 0.25) is 5.91 Å². The van der Waals surface area contributed by atoms with Crippen molar-refractivity contribution in [3.05, 3.63) is 117 Å². The van der Waals surface area contributed by atoms with Crippen LogP contribution in [0, 0.1) is 34.8 Å². The molecule has 0 spiro atoms. The zero-order chi connectivity index (χ0) is 30.6. The van der Waals surface area contributed by atoms with E-state index in [-0.39, 0.29) is 28.0 Å². The zero-order valence-electron chi connectivity index (χ0n) is 21.5. The summed E-state index contributed by atoms with van der Waals surface area (Å²) in [4.78, 5) is 30.7. The molecule has 1 saturated heterocycles. The van der Waals surface area contributed by atoms with Gasteiger partial charge in [0.05, 0.1) is 17.5 Å². The second-order valence-corrected chi connectivity index (χ2v) is 10.3. The highest BCUT2D eigenvalue weighted by Crippen LogP contribution is 2.46. The van der Waals surface area contributed by atoms with Crippen molar-refractivity contribution in [2.45, 2.75) is 12.2 Å². The van der Waals surface area contributed by atoms with Crippen molar-refractivity contribution < 1.29 is 31.5 Å². The zero-order valence-corrected chi connectivity index (χ0v) is 22.2. The number of carbonyl (C=O) groups is 2. The van der Waals surface area contributed by atoms with Crippen molar-refractivity contribution in [1.82, 2.24) is 25.2 Å². The highest BCUT2D eigenvalue weighted by atomic mass is 35.5. The number of amides is 2. The van der Waals surface area contributed by atoms with Crippen LogP contribution >= 0.6 is 11.6 Å². The number of nitrogens with one attached hydrogen (secondary N) is 2. The average Bonchev–Trinajstić information content (AvgIpc) is 3.57. The van der Waals surface area contributed by atoms with Gasteiger partial charge in [-0.05, 0) is 65.7 Å². The predicted molar refractivity (Wildman–Crippen MR) is 142 cm³/mol. The van der Waals surface area contributed by atoms with Gasteiger partial charge < -0.3 is 10.6 Å². The van der Waals surface area contributed by atoms with Crippen molar-refractivity contribution in [2.75, 3.05) is 0 Å². The molecule has 2 aromatic carbocycles. The van der Waals surface area contributed by atoms with Gasteiger partial charge in [0.1, 0.15) is 24.0 Å². The third-order valence-electron chi connectivity index (χ3n) is 7.27. The fourth-order valence-electron chi connectivity index (χ4n) is 5.39. The summed E-state index contributed by atoms with van der Waals surface area (Å²) < 4.78 is 69.7. The molecule has 216 valence electrons. The lowest BCUT2D eigenvalue weighted by Crippen LogP contribution is -2.33. The number of carbonyl (C=O) groups excluding carboxylic acids is 2. The Labute approximate surface area is 244 Å². The summed E-state index contributed by atoms with van der Waals surface area (Å²) in [7, 11) is 0. The van der Waals surface area contributed by atoms with Crippen LogP contribution in [0.1, 0.15) is 38.8 Å². The Kier molecular flexibility index (Phi) is 6.73. The Morgan fingerprint density at radius 1 is 1.09 bits per heavy atom. The first-order valence-corrected chi connectivity index (χ1v) is 12.9. The topological polar surface area (TPSA) is 112 Å². The van der Waals surface area contributed by atoms with E-state index in [1.165, 1.54) is 23.0 Å². The van der Waals surface area contributed by atoms with Gasteiger partial charge in [-0.1, -0.05) is 17.7 Å². The van der Waals surface area contributed by atoms with Crippen molar-refractivity contribution >= 4 is 34.6 Å². The molecule has 1 aliphatic carbocycles. The van der Waals surface area contributed by atoms with E-state index in [0.29, 0.717) is 28.9 Å².